The Labute approximate surface area is 154 Å². The van der Waals surface area contributed by atoms with Gasteiger partial charge in [0.05, 0.1) is 5.69 Å². The van der Waals surface area contributed by atoms with Crippen LogP contribution < -0.4 is 10.6 Å². The Morgan fingerprint density at radius 2 is 1.46 bits per heavy atom. The molecule has 0 saturated heterocycles. The van der Waals surface area contributed by atoms with Gasteiger partial charge in [-0.15, -0.1) is 0 Å². The SMILES string of the molecule is c1ccc(Nc2cc(-c3ccccc3)nc(NC3CCCCC3)n2)cc1. The van der Waals surface area contributed by atoms with E-state index in [4.69, 9.17) is 9.97 Å². The molecule has 26 heavy (non-hydrogen) atoms. The summed E-state index contributed by atoms with van der Waals surface area (Å²) in [5.41, 5.74) is 3.05. The first-order valence-electron chi connectivity index (χ1n) is 9.40. The quantitative estimate of drug-likeness (QED) is 0.629. The second-order valence-corrected chi connectivity index (χ2v) is 6.80. The Kier molecular flexibility index (Phi) is 5.10. The van der Waals surface area contributed by atoms with Gasteiger partial charge in [0.1, 0.15) is 5.82 Å². The molecule has 1 heterocycles. The molecule has 0 bridgehead atoms. The Morgan fingerprint density at radius 1 is 0.769 bits per heavy atom. The highest BCUT2D eigenvalue weighted by Gasteiger charge is 2.15. The maximum atomic E-state index is 4.78. The Hall–Kier alpha value is -2.88. The summed E-state index contributed by atoms with van der Waals surface area (Å²) in [5, 5.41) is 6.96. The van der Waals surface area contributed by atoms with E-state index in [0.29, 0.717) is 12.0 Å². The van der Waals surface area contributed by atoms with Gasteiger partial charge in [0.15, 0.2) is 0 Å². The molecule has 3 aromatic rings. The first-order valence-corrected chi connectivity index (χ1v) is 9.40. The topological polar surface area (TPSA) is 49.8 Å². The molecule has 1 aliphatic rings. The van der Waals surface area contributed by atoms with E-state index in [-0.39, 0.29) is 0 Å². The van der Waals surface area contributed by atoms with Gasteiger partial charge in [-0.25, -0.2) is 4.98 Å². The van der Waals surface area contributed by atoms with E-state index in [1.54, 1.807) is 0 Å². The lowest BCUT2D eigenvalue weighted by Gasteiger charge is -2.23. The van der Waals surface area contributed by atoms with Crippen molar-refractivity contribution in [2.24, 2.45) is 0 Å². The van der Waals surface area contributed by atoms with Crippen LogP contribution in [0, 0.1) is 0 Å². The third-order valence-corrected chi connectivity index (χ3v) is 4.78. The molecule has 2 aromatic carbocycles. The third-order valence-electron chi connectivity index (χ3n) is 4.78. The third kappa shape index (κ3) is 4.20. The molecule has 0 atom stereocenters. The maximum Gasteiger partial charge on any atom is 0.225 e. The van der Waals surface area contributed by atoms with Crippen LogP contribution in [-0.4, -0.2) is 16.0 Å². The Morgan fingerprint density at radius 3 is 2.19 bits per heavy atom. The number of rotatable bonds is 5. The first kappa shape index (κ1) is 16.6. The van der Waals surface area contributed by atoms with E-state index in [0.717, 1.165) is 22.8 Å². The molecular weight excluding hydrogens is 320 g/mol. The van der Waals surface area contributed by atoms with E-state index in [2.05, 4.69) is 22.8 Å². The average molecular weight is 344 g/mol. The predicted molar refractivity (Wildman–Crippen MR) is 108 cm³/mol. The number of nitrogens with one attached hydrogen (secondary N) is 2. The van der Waals surface area contributed by atoms with E-state index in [1.165, 1.54) is 32.1 Å². The molecule has 0 spiro atoms. The molecular formula is C22H24N4. The average Bonchev–Trinajstić information content (AvgIpc) is 2.70. The van der Waals surface area contributed by atoms with Gasteiger partial charge >= 0.3 is 0 Å². The highest BCUT2D eigenvalue weighted by Crippen LogP contribution is 2.25. The van der Waals surface area contributed by atoms with Crippen LogP contribution in [0.2, 0.25) is 0 Å². The summed E-state index contributed by atoms with van der Waals surface area (Å²) in [7, 11) is 0. The predicted octanol–water partition coefficient (Wildman–Crippen LogP) is 5.63. The fraction of sp³-hybridized carbons (Fsp3) is 0.273. The largest absolute Gasteiger partial charge is 0.351 e. The van der Waals surface area contributed by atoms with Crippen molar-refractivity contribution in [3.63, 3.8) is 0 Å². The van der Waals surface area contributed by atoms with E-state index >= 15 is 0 Å². The van der Waals surface area contributed by atoms with Crippen LogP contribution >= 0.6 is 0 Å². The minimum atomic E-state index is 0.472. The van der Waals surface area contributed by atoms with Crippen molar-refractivity contribution in [3.05, 3.63) is 66.7 Å². The van der Waals surface area contributed by atoms with Gasteiger partial charge < -0.3 is 10.6 Å². The molecule has 0 radical (unpaired) electrons. The van der Waals surface area contributed by atoms with Crippen LogP contribution in [-0.2, 0) is 0 Å². The minimum Gasteiger partial charge on any atom is -0.351 e. The Bertz CT molecular complexity index is 827. The lowest BCUT2D eigenvalue weighted by Crippen LogP contribution is -2.23. The van der Waals surface area contributed by atoms with Gasteiger partial charge in [0, 0.05) is 23.4 Å². The van der Waals surface area contributed by atoms with Crippen LogP contribution in [0.5, 0.6) is 0 Å². The van der Waals surface area contributed by atoms with E-state index < -0.39 is 0 Å². The highest BCUT2D eigenvalue weighted by molar-refractivity contribution is 5.67. The summed E-state index contributed by atoms with van der Waals surface area (Å²) < 4.78 is 0. The summed E-state index contributed by atoms with van der Waals surface area (Å²) in [6.07, 6.45) is 6.29. The van der Waals surface area contributed by atoms with Crippen LogP contribution in [0.3, 0.4) is 0 Å². The van der Waals surface area contributed by atoms with Crippen LogP contribution in [0.25, 0.3) is 11.3 Å². The number of anilines is 3. The van der Waals surface area contributed by atoms with Gasteiger partial charge in [-0.05, 0) is 25.0 Å². The first-order chi connectivity index (χ1) is 12.9. The standard InChI is InChI=1S/C22H24N4/c1-4-10-17(11-5-1)20-16-21(23-18-12-6-2-7-13-18)26-22(25-20)24-19-14-8-3-9-15-19/h1-2,4-7,10-13,16,19H,3,8-9,14-15H2,(H2,23,24,25,26). The molecule has 0 amide bonds. The molecule has 0 aliphatic heterocycles. The number of para-hydroxylation sites is 1. The summed E-state index contributed by atoms with van der Waals surface area (Å²) in [5.74, 6) is 1.51. The molecule has 1 aromatic heterocycles. The van der Waals surface area contributed by atoms with Crippen molar-refractivity contribution in [1.29, 1.82) is 0 Å². The zero-order valence-corrected chi connectivity index (χ0v) is 14.9. The van der Waals surface area contributed by atoms with Crippen molar-refractivity contribution < 1.29 is 0 Å². The van der Waals surface area contributed by atoms with Crippen molar-refractivity contribution in [3.8, 4) is 11.3 Å². The lowest BCUT2D eigenvalue weighted by atomic mass is 9.96. The molecule has 2 N–H and O–H groups in total. The smallest absolute Gasteiger partial charge is 0.225 e. The second kappa shape index (κ2) is 8.00. The highest BCUT2D eigenvalue weighted by atomic mass is 15.2. The number of hydrogen-bond donors (Lipinski definition) is 2. The number of benzene rings is 2. The van der Waals surface area contributed by atoms with Gasteiger partial charge in [0.2, 0.25) is 5.95 Å². The zero-order chi connectivity index (χ0) is 17.6. The second-order valence-electron chi connectivity index (χ2n) is 6.80. The molecule has 1 aliphatic carbocycles. The molecule has 1 saturated carbocycles. The van der Waals surface area contributed by atoms with Crippen molar-refractivity contribution in [2.45, 2.75) is 38.1 Å². The van der Waals surface area contributed by atoms with Gasteiger partial charge in [-0.2, -0.15) is 4.98 Å². The fourth-order valence-corrected chi connectivity index (χ4v) is 3.43. The summed E-state index contributed by atoms with van der Waals surface area (Å²) in [6, 6.07) is 22.9. The molecule has 1 fully saturated rings. The Balaban J connectivity index is 1.64. The number of aromatic nitrogens is 2. The van der Waals surface area contributed by atoms with E-state index in [9.17, 15) is 0 Å². The maximum absolute atomic E-state index is 4.78. The van der Waals surface area contributed by atoms with Crippen molar-refractivity contribution in [1.82, 2.24) is 9.97 Å². The van der Waals surface area contributed by atoms with Crippen LogP contribution in [0.4, 0.5) is 17.5 Å². The zero-order valence-electron chi connectivity index (χ0n) is 14.9. The summed E-state index contributed by atoms with van der Waals surface area (Å²) >= 11 is 0. The molecule has 4 rings (SSSR count). The molecule has 4 nitrogen and oxygen atoms in total. The normalized spacial score (nSPS) is 14.8. The van der Waals surface area contributed by atoms with Crippen molar-refractivity contribution >= 4 is 17.5 Å². The minimum absolute atomic E-state index is 0.472. The monoisotopic (exact) mass is 344 g/mol. The molecule has 4 heteroatoms. The van der Waals surface area contributed by atoms with Gasteiger partial charge in [0.25, 0.3) is 0 Å². The van der Waals surface area contributed by atoms with Gasteiger partial charge in [-0.3, -0.25) is 0 Å². The molecule has 132 valence electrons. The molecule has 0 unspecified atom stereocenters. The number of nitrogens with zero attached hydrogens (tertiary/aromatic N) is 2. The van der Waals surface area contributed by atoms with Crippen LogP contribution in [0.1, 0.15) is 32.1 Å². The van der Waals surface area contributed by atoms with Gasteiger partial charge in [-0.1, -0.05) is 67.8 Å². The fourth-order valence-electron chi connectivity index (χ4n) is 3.43. The van der Waals surface area contributed by atoms with Crippen LogP contribution in [0.15, 0.2) is 66.7 Å². The lowest BCUT2D eigenvalue weighted by molar-refractivity contribution is 0.461. The summed E-state index contributed by atoms with van der Waals surface area (Å²) in [6.45, 7) is 0. The van der Waals surface area contributed by atoms with Crippen molar-refractivity contribution in [2.75, 3.05) is 10.6 Å². The van der Waals surface area contributed by atoms with E-state index in [1.807, 2.05) is 54.6 Å². The number of hydrogen-bond acceptors (Lipinski definition) is 4. The summed E-state index contributed by atoms with van der Waals surface area (Å²) in [4.78, 5) is 9.49.